The van der Waals surface area contributed by atoms with E-state index < -0.39 is 0 Å². The van der Waals surface area contributed by atoms with Crippen molar-refractivity contribution in [3.63, 3.8) is 0 Å². The second-order valence-electron chi connectivity index (χ2n) is 1.64. The van der Waals surface area contributed by atoms with E-state index in [0.29, 0.717) is 0 Å². The van der Waals surface area contributed by atoms with E-state index in [1.54, 1.807) is 0 Å². The summed E-state index contributed by atoms with van der Waals surface area (Å²) in [5.74, 6) is 0. The average molecular weight is 480 g/mol. The lowest BCUT2D eigenvalue weighted by atomic mass is 10.2. The van der Waals surface area contributed by atoms with Crippen LogP contribution in [0, 0.1) is 0 Å². The van der Waals surface area contributed by atoms with E-state index in [0.717, 1.165) is 13.0 Å². The van der Waals surface area contributed by atoms with Crippen molar-refractivity contribution in [1.29, 1.82) is 0 Å². The smallest absolute Gasteiger partial charge is 0.209 e. The van der Waals surface area contributed by atoms with Crippen LogP contribution in [0.15, 0.2) is 0 Å². The Labute approximate surface area is 102 Å². The Morgan fingerprint density at radius 3 is 2.40 bits per heavy atom. The van der Waals surface area contributed by atoms with Gasteiger partial charge in [-0.15, -0.1) is 0 Å². The Hall–Kier alpha value is 1.78. The Morgan fingerprint density at radius 1 is 1.50 bits per heavy atom. The molecule has 1 atom stereocenters. The third-order valence-corrected chi connectivity index (χ3v) is 2.98. The summed E-state index contributed by atoms with van der Waals surface area (Å²) in [6.07, 6.45) is 0.841. The number of hydrogen-bond donors (Lipinski definition) is 2. The predicted octanol–water partition coefficient (Wildman–Crippen LogP) is 1.59. The molecule has 0 spiro atoms. The highest BCUT2D eigenvalue weighted by molar-refractivity contribution is 14.1. The molecule has 10 heavy (non-hydrogen) atoms. The monoisotopic (exact) mass is 480 g/mol. The molecular formula is C4H7I3N2O. The highest BCUT2D eigenvalue weighted by Gasteiger charge is 2.11. The highest BCUT2D eigenvalue weighted by atomic mass is 127. The molecule has 0 heterocycles. The van der Waals surface area contributed by atoms with Gasteiger partial charge in [0.25, 0.3) is 0 Å². The molecule has 2 N–H and O–H groups in total. The normalized spacial score (nSPS) is 13.1. The molecule has 0 rings (SSSR count). The van der Waals surface area contributed by atoms with Gasteiger partial charge in [0.1, 0.15) is 0 Å². The van der Waals surface area contributed by atoms with Gasteiger partial charge in [0.15, 0.2) is 0 Å². The molecule has 0 amide bonds. The lowest BCUT2D eigenvalue weighted by Crippen LogP contribution is -2.29. The molecule has 1 unspecified atom stereocenters. The number of halogens is 3. The molecule has 0 aliphatic rings. The Bertz CT molecular complexity index is 111. The number of nitrogens with one attached hydrogen (secondary N) is 2. The van der Waals surface area contributed by atoms with Crippen LogP contribution in [0.1, 0.15) is 6.42 Å². The van der Waals surface area contributed by atoms with Gasteiger partial charge in [0.2, 0.25) is 3.79 Å². The first-order valence-corrected chi connectivity index (χ1v) is 5.85. The summed E-state index contributed by atoms with van der Waals surface area (Å²) in [5, 5.41) is 0. The van der Waals surface area contributed by atoms with E-state index >= 15 is 0 Å². The van der Waals surface area contributed by atoms with Crippen LogP contribution in [0.25, 0.3) is 0 Å². The van der Waals surface area contributed by atoms with Crippen molar-refractivity contribution in [3.8, 4) is 0 Å². The quantitative estimate of drug-likeness (QED) is 0.357. The van der Waals surface area contributed by atoms with Crippen LogP contribution in [-0.4, -0.2) is 16.4 Å². The summed E-state index contributed by atoms with van der Waals surface area (Å²) in [5.41, 5.74) is 0. The molecule has 0 aromatic heterocycles. The first-order valence-electron chi connectivity index (χ1n) is 2.61. The van der Waals surface area contributed by atoms with Crippen molar-refractivity contribution >= 4 is 72.1 Å². The van der Waals surface area contributed by atoms with Crippen molar-refractivity contribution in [2.45, 2.75) is 12.5 Å². The van der Waals surface area contributed by atoms with Crippen LogP contribution in [0.4, 0.5) is 0 Å². The Balaban J connectivity index is 3.50. The zero-order chi connectivity index (χ0) is 7.98. The van der Waals surface area contributed by atoms with Gasteiger partial charge >= 0.3 is 0 Å². The number of rotatable bonds is 5. The minimum Gasteiger partial charge on any atom is -0.286 e. The summed E-state index contributed by atoms with van der Waals surface area (Å²) in [4.78, 5) is 10.8. The van der Waals surface area contributed by atoms with Crippen molar-refractivity contribution in [3.05, 3.63) is 0 Å². The van der Waals surface area contributed by atoms with Crippen molar-refractivity contribution in [2.75, 3.05) is 6.54 Å². The Kier molecular flexibility index (Phi) is 8.75. The SMILES string of the molecule is O=C(I)C(CCNI)NI. The fourth-order valence-corrected chi connectivity index (χ4v) is 2.38. The third-order valence-electron chi connectivity index (χ3n) is 0.933. The zero-order valence-electron chi connectivity index (χ0n) is 5.03. The predicted molar refractivity (Wildman–Crippen MR) is 66.6 cm³/mol. The maximum absolute atomic E-state index is 10.8. The van der Waals surface area contributed by atoms with E-state index in [1.165, 1.54) is 0 Å². The minimum atomic E-state index is -0.0107. The van der Waals surface area contributed by atoms with E-state index in [4.69, 9.17) is 0 Å². The average Bonchev–Trinajstić information content (AvgIpc) is 1.89. The molecule has 0 saturated heterocycles. The van der Waals surface area contributed by atoms with Crippen LogP contribution in [-0.2, 0) is 4.79 Å². The zero-order valence-corrected chi connectivity index (χ0v) is 11.5. The van der Waals surface area contributed by atoms with Crippen molar-refractivity contribution in [2.24, 2.45) is 0 Å². The molecule has 6 heteroatoms. The van der Waals surface area contributed by atoms with Gasteiger partial charge in [-0.1, -0.05) is 0 Å². The van der Waals surface area contributed by atoms with Gasteiger partial charge < -0.3 is 0 Å². The molecular weight excluding hydrogens is 473 g/mol. The van der Waals surface area contributed by atoms with Gasteiger partial charge in [-0.2, -0.15) is 0 Å². The van der Waals surface area contributed by atoms with Crippen LogP contribution in [0.2, 0.25) is 0 Å². The first-order chi connectivity index (χ1) is 4.72. The van der Waals surface area contributed by atoms with E-state index in [1.807, 2.05) is 45.5 Å². The lowest BCUT2D eigenvalue weighted by Gasteiger charge is -2.07. The molecule has 0 aliphatic carbocycles. The van der Waals surface area contributed by atoms with E-state index in [9.17, 15) is 4.79 Å². The molecule has 0 radical (unpaired) electrons. The fraction of sp³-hybridized carbons (Fsp3) is 0.750. The van der Waals surface area contributed by atoms with Crippen LogP contribution >= 0.6 is 68.3 Å². The molecule has 0 saturated carbocycles. The molecule has 0 aromatic carbocycles. The summed E-state index contributed by atoms with van der Waals surface area (Å²) in [6.45, 7) is 0.857. The standard InChI is InChI=1S/C4H7I3N2O/c5-4(10)3(9-7)1-2-8-6/h3,8-9H,1-2H2. The van der Waals surface area contributed by atoms with Gasteiger partial charge in [-0.25, -0.2) is 3.53 Å². The number of carbonyl (C=O) groups excluding carboxylic acids is 1. The van der Waals surface area contributed by atoms with Gasteiger partial charge in [0, 0.05) is 74.9 Å². The topological polar surface area (TPSA) is 41.1 Å². The maximum atomic E-state index is 10.8. The maximum Gasteiger partial charge on any atom is 0.209 e. The number of carbonyl (C=O) groups is 1. The van der Waals surface area contributed by atoms with Crippen LogP contribution < -0.4 is 7.06 Å². The van der Waals surface area contributed by atoms with E-state index in [2.05, 4.69) is 29.9 Å². The van der Waals surface area contributed by atoms with Crippen molar-refractivity contribution < 1.29 is 4.79 Å². The van der Waals surface area contributed by atoms with Crippen molar-refractivity contribution in [1.82, 2.24) is 7.06 Å². The molecule has 0 fully saturated rings. The van der Waals surface area contributed by atoms with Gasteiger partial charge in [-0.05, 0) is 6.42 Å². The number of hydrogen-bond acceptors (Lipinski definition) is 3. The minimum absolute atomic E-state index is 0.0107. The van der Waals surface area contributed by atoms with Crippen LogP contribution in [0.5, 0.6) is 0 Å². The van der Waals surface area contributed by atoms with Crippen LogP contribution in [0.3, 0.4) is 0 Å². The lowest BCUT2D eigenvalue weighted by molar-refractivity contribution is -0.110. The molecule has 60 valence electrons. The highest BCUT2D eigenvalue weighted by Crippen LogP contribution is 2.01. The summed E-state index contributed by atoms with van der Waals surface area (Å²) < 4.78 is 6.03. The summed E-state index contributed by atoms with van der Waals surface area (Å²) in [7, 11) is 0. The fourth-order valence-electron chi connectivity index (χ4n) is 0.410. The van der Waals surface area contributed by atoms with E-state index in [-0.39, 0.29) is 9.83 Å². The van der Waals surface area contributed by atoms with Gasteiger partial charge in [-0.3, -0.25) is 8.32 Å². The summed E-state index contributed by atoms with van der Waals surface area (Å²) in [6, 6.07) is -0.0107. The second kappa shape index (κ2) is 7.43. The molecule has 0 bridgehead atoms. The largest absolute Gasteiger partial charge is 0.286 e. The third kappa shape index (κ3) is 5.43. The second-order valence-corrected chi connectivity index (χ2v) is 4.09. The molecule has 0 aromatic rings. The molecule has 0 aliphatic heterocycles. The summed E-state index contributed by atoms with van der Waals surface area (Å²) >= 11 is 5.87. The van der Waals surface area contributed by atoms with Gasteiger partial charge in [0.05, 0.1) is 6.04 Å². The first kappa shape index (κ1) is 11.8. The molecule has 3 nitrogen and oxygen atoms in total. The Morgan fingerprint density at radius 2 is 2.10 bits per heavy atom.